The molecule has 0 aromatic heterocycles. The molecule has 184 valence electrons. The standard InChI is InChI=1S/C30H31N3O3/c1-23-12-13-28-27(19-23)33(29(34)22-36-28)21-25-9-5-11-26(20-25)30(35)32-17-15-31(16-18-32)14-6-10-24-7-3-2-4-8-24/h2-13,19-20H,14-18,21-22H2,1H3/b10-6+. The maximum Gasteiger partial charge on any atom is 0.265 e. The van der Waals surface area contributed by atoms with Crippen molar-refractivity contribution in [2.45, 2.75) is 13.5 Å². The van der Waals surface area contributed by atoms with Gasteiger partial charge in [-0.1, -0.05) is 60.7 Å². The maximum atomic E-state index is 13.3. The van der Waals surface area contributed by atoms with Gasteiger partial charge in [-0.05, 0) is 47.9 Å². The molecule has 1 fully saturated rings. The molecular weight excluding hydrogens is 450 g/mol. The zero-order valence-corrected chi connectivity index (χ0v) is 20.6. The van der Waals surface area contributed by atoms with Gasteiger partial charge in [-0.3, -0.25) is 14.5 Å². The van der Waals surface area contributed by atoms with Gasteiger partial charge >= 0.3 is 0 Å². The predicted molar refractivity (Wildman–Crippen MR) is 142 cm³/mol. The van der Waals surface area contributed by atoms with Crippen molar-refractivity contribution in [2.75, 3.05) is 44.2 Å². The topological polar surface area (TPSA) is 53.1 Å². The van der Waals surface area contributed by atoms with Crippen LogP contribution < -0.4 is 9.64 Å². The molecule has 36 heavy (non-hydrogen) atoms. The van der Waals surface area contributed by atoms with E-state index in [0.29, 0.717) is 30.9 Å². The number of ether oxygens (including phenoxy) is 1. The fourth-order valence-corrected chi connectivity index (χ4v) is 4.69. The molecule has 0 saturated carbocycles. The van der Waals surface area contributed by atoms with Crippen molar-refractivity contribution in [3.63, 3.8) is 0 Å². The SMILES string of the molecule is Cc1ccc2c(c1)N(Cc1cccc(C(=O)N3CCN(C/C=C/c4ccccc4)CC3)c1)C(=O)CO2. The second kappa shape index (κ2) is 10.8. The molecule has 0 N–H and O–H groups in total. The summed E-state index contributed by atoms with van der Waals surface area (Å²) in [6.45, 7) is 6.41. The number of benzene rings is 3. The Hall–Kier alpha value is -3.90. The fraction of sp³-hybridized carbons (Fsp3) is 0.267. The highest BCUT2D eigenvalue weighted by molar-refractivity contribution is 5.98. The third kappa shape index (κ3) is 5.50. The number of carbonyl (C=O) groups excluding carboxylic acids is 2. The van der Waals surface area contributed by atoms with Crippen molar-refractivity contribution in [1.82, 2.24) is 9.80 Å². The van der Waals surface area contributed by atoms with Crippen LogP contribution in [0.15, 0.2) is 78.9 Å². The number of anilines is 1. The molecule has 6 heteroatoms. The lowest BCUT2D eigenvalue weighted by molar-refractivity contribution is -0.121. The first-order valence-corrected chi connectivity index (χ1v) is 12.4. The minimum atomic E-state index is -0.0812. The summed E-state index contributed by atoms with van der Waals surface area (Å²) in [6.07, 6.45) is 4.32. The molecule has 0 radical (unpaired) electrons. The van der Waals surface area contributed by atoms with Crippen LogP contribution in [-0.2, 0) is 11.3 Å². The molecule has 2 aliphatic rings. The summed E-state index contributed by atoms with van der Waals surface area (Å²) >= 11 is 0. The van der Waals surface area contributed by atoms with E-state index in [9.17, 15) is 9.59 Å². The summed E-state index contributed by atoms with van der Waals surface area (Å²) in [6, 6.07) is 23.8. The monoisotopic (exact) mass is 481 g/mol. The summed E-state index contributed by atoms with van der Waals surface area (Å²) in [4.78, 5) is 31.9. The van der Waals surface area contributed by atoms with Gasteiger partial charge in [-0.2, -0.15) is 0 Å². The molecule has 5 rings (SSSR count). The van der Waals surface area contributed by atoms with E-state index in [1.165, 1.54) is 5.56 Å². The Labute approximate surface area is 212 Å². The third-order valence-corrected chi connectivity index (χ3v) is 6.71. The first kappa shape index (κ1) is 23.8. The highest BCUT2D eigenvalue weighted by Crippen LogP contribution is 2.34. The number of hydrogen-bond acceptors (Lipinski definition) is 4. The fourth-order valence-electron chi connectivity index (χ4n) is 4.69. The molecule has 0 atom stereocenters. The van der Waals surface area contributed by atoms with Crippen LogP contribution in [0.5, 0.6) is 5.75 Å². The van der Waals surface area contributed by atoms with Gasteiger partial charge in [-0.25, -0.2) is 0 Å². The van der Waals surface area contributed by atoms with Crippen LogP contribution >= 0.6 is 0 Å². The van der Waals surface area contributed by atoms with Crippen LogP contribution in [0.1, 0.15) is 27.0 Å². The van der Waals surface area contributed by atoms with Gasteiger partial charge in [-0.15, -0.1) is 0 Å². The van der Waals surface area contributed by atoms with Gasteiger partial charge in [0.05, 0.1) is 12.2 Å². The van der Waals surface area contributed by atoms with Crippen molar-refractivity contribution in [3.8, 4) is 5.75 Å². The lowest BCUT2D eigenvalue weighted by atomic mass is 10.1. The first-order valence-electron chi connectivity index (χ1n) is 12.4. The van der Waals surface area contributed by atoms with Crippen LogP contribution in [-0.4, -0.2) is 60.9 Å². The third-order valence-electron chi connectivity index (χ3n) is 6.71. The highest BCUT2D eigenvalue weighted by Gasteiger charge is 2.26. The van der Waals surface area contributed by atoms with E-state index in [4.69, 9.17) is 4.74 Å². The smallest absolute Gasteiger partial charge is 0.265 e. The first-order chi connectivity index (χ1) is 17.6. The quantitative estimate of drug-likeness (QED) is 0.524. The normalized spacial score (nSPS) is 16.2. The Morgan fingerprint density at radius 3 is 2.56 bits per heavy atom. The summed E-state index contributed by atoms with van der Waals surface area (Å²) in [5, 5.41) is 0. The van der Waals surface area contributed by atoms with Gasteiger partial charge < -0.3 is 14.5 Å². The molecule has 0 aliphatic carbocycles. The Kier molecular flexibility index (Phi) is 7.14. The van der Waals surface area contributed by atoms with Crippen LogP contribution in [0, 0.1) is 6.92 Å². The zero-order valence-electron chi connectivity index (χ0n) is 20.6. The molecule has 0 unspecified atom stereocenters. The Bertz CT molecular complexity index is 1260. The largest absolute Gasteiger partial charge is 0.482 e. The van der Waals surface area contributed by atoms with E-state index in [0.717, 1.165) is 36.4 Å². The molecule has 2 aliphatic heterocycles. The van der Waals surface area contributed by atoms with E-state index in [2.05, 4.69) is 29.2 Å². The van der Waals surface area contributed by atoms with Crippen molar-refractivity contribution in [3.05, 3.63) is 101 Å². The molecule has 0 spiro atoms. The molecule has 6 nitrogen and oxygen atoms in total. The van der Waals surface area contributed by atoms with Crippen LogP contribution in [0.2, 0.25) is 0 Å². The molecule has 0 bridgehead atoms. The number of aryl methyl sites for hydroxylation is 1. The highest BCUT2D eigenvalue weighted by atomic mass is 16.5. The van der Waals surface area contributed by atoms with E-state index < -0.39 is 0 Å². The molecule has 2 heterocycles. The number of fused-ring (bicyclic) bond motifs is 1. The number of amides is 2. The van der Waals surface area contributed by atoms with Crippen LogP contribution in [0.25, 0.3) is 6.08 Å². The summed E-state index contributed by atoms with van der Waals surface area (Å²) in [5.74, 6) is 0.673. The predicted octanol–water partition coefficient (Wildman–Crippen LogP) is 4.39. The molecule has 3 aromatic carbocycles. The van der Waals surface area contributed by atoms with E-state index in [1.807, 2.05) is 72.5 Å². The number of rotatable bonds is 6. The van der Waals surface area contributed by atoms with Crippen molar-refractivity contribution < 1.29 is 14.3 Å². The van der Waals surface area contributed by atoms with Crippen LogP contribution in [0.4, 0.5) is 5.69 Å². The summed E-state index contributed by atoms with van der Waals surface area (Å²) in [7, 11) is 0. The van der Waals surface area contributed by atoms with Crippen molar-refractivity contribution in [1.29, 1.82) is 0 Å². The molecule has 2 amide bonds. The van der Waals surface area contributed by atoms with E-state index >= 15 is 0 Å². The lowest BCUT2D eigenvalue weighted by Gasteiger charge is -2.34. The number of piperazine rings is 1. The average Bonchev–Trinajstić information content (AvgIpc) is 2.91. The van der Waals surface area contributed by atoms with Gasteiger partial charge in [0.1, 0.15) is 5.75 Å². The van der Waals surface area contributed by atoms with Gasteiger partial charge in [0.2, 0.25) is 0 Å². The van der Waals surface area contributed by atoms with Crippen molar-refractivity contribution >= 4 is 23.6 Å². The number of hydrogen-bond donors (Lipinski definition) is 0. The Morgan fingerprint density at radius 2 is 1.75 bits per heavy atom. The van der Waals surface area contributed by atoms with E-state index in [1.54, 1.807) is 4.90 Å². The minimum Gasteiger partial charge on any atom is -0.482 e. The van der Waals surface area contributed by atoms with Gasteiger partial charge in [0.25, 0.3) is 11.8 Å². The zero-order chi connectivity index (χ0) is 24.9. The number of nitrogens with zero attached hydrogens (tertiary/aromatic N) is 3. The molecule has 1 saturated heterocycles. The molecular formula is C30H31N3O3. The summed E-state index contributed by atoms with van der Waals surface area (Å²) in [5.41, 5.74) is 4.63. The van der Waals surface area contributed by atoms with Crippen LogP contribution in [0.3, 0.4) is 0 Å². The second-order valence-corrected chi connectivity index (χ2v) is 9.35. The second-order valence-electron chi connectivity index (χ2n) is 9.35. The lowest BCUT2D eigenvalue weighted by Crippen LogP contribution is -2.48. The van der Waals surface area contributed by atoms with Crippen molar-refractivity contribution in [2.24, 2.45) is 0 Å². The average molecular weight is 482 g/mol. The van der Waals surface area contributed by atoms with Gasteiger partial charge in [0.15, 0.2) is 6.61 Å². The van der Waals surface area contributed by atoms with Gasteiger partial charge in [0, 0.05) is 38.3 Å². The Morgan fingerprint density at radius 1 is 0.944 bits per heavy atom. The van der Waals surface area contributed by atoms with E-state index in [-0.39, 0.29) is 18.4 Å². The minimum absolute atomic E-state index is 0.0273. The number of carbonyl (C=O) groups is 2. The maximum absolute atomic E-state index is 13.3. The molecule has 3 aromatic rings. The summed E-state index contributed by atoms with van der Waals surface area (Å²) < 4.78 is 5.60. The Balaban J connectivity index is 1.20.